The van der Waals surface area contributed by atoms with E-state index in [1.165, 1.54) is 43.5 Å². The van der Waals surface area contributed by atoms with Crippen LogP contribution in [0.4, 0.5) is 0 Å². The molecule has 4 rings (SSSR count). The van der Waals surface area contributed by atoms with E-state index in [-0.39, 0.29) is 0 Å². The molecule has 3 aromatic rings. The van der Waals surface area contributed by atoms with Gasteiger partial charge in [-0.3, -0.25) is 4.98 Å². The third-order valence-corrected chi connectivity index (χ3v) is 5.79. The fourth-order valence-corrected chi connectivity index (χ4v) is 4.22. The summed E-state index contributed by atoms with van der Waals surface area (Å²) < 4.78 is 13.2. The van der Waals surface area contributed by atoms with Gasteiger partial charge < -0.3 is 14.0 Å². The van der Waals surface area contributed by atoms with Crippen molar-refractivity contribution in [3.8, 4) is 22.9 Å². The lowest BCUT2D eigenvalue weighted by Crippen LogP contribution is -2.13. The molecule has 0 amide bonds. The molecule has 5 nitrogen and oxygen atoms in total. The minimum Gasteiger partial charge on any atom is -0.493 e. The Morgan fingerprint density at radius 3 is 2.52 bits per heavy atom. The van der Waals surface area contributed by atoms with Gasteiger partial charge in [0.25, 0.3) is 0 Å². The van der Waals surface area contributed by atoms with Crippen molar-refractivity contribution >= 4 is 0 Å². The molecule has 2 aromatic heterocycles. The van der Waals surface area contributed by atoms with E-state index in [2.05, 4.69) is 27.9 Å². The number of aromatic nitrogens is 3. The van der Waals surface area contributed by atoms with E-state index in [0.29, 0.717) is 5.92 Å². The molecule has 0 spiro atoms. The second-order valence-corrected chi connectivity index (χ2v) is 7.67. The first-order chi connectivity index (χ1) is 14.3. The zero-order chi connectivity index (χ0) is 20.1. The second kappa shape index (κ2) is 9.12. The number of nitrogens with zero attached hydrogens (tertiary/aromatic N) is 3. The van der Waals surface area contributed by atoms with Crippen molar-refractivity contribution < 1.29 is 9.47 Å². The lowest BCUT2D eigenvalue weighted by atomic mass is 9.88. The van der Waals surface area contributed by atoms with Crippen LogP contribution in [0, 0.1) is 0 Å². The molecule has 0 bridgehead atoms. The number of aryl methyl sites for hydroxylation is 2. The van der Waals surface area contributed by atoms with Crippen LogP contribution < -0.4 is 9.47 Å². The Morgan fingerprint density at radius 1 is 0.966 bits per heavy atom. The Hall–Kier alpha value is -2.82. The molecule has 1 saturated carbocycles. The minimum atomic E-state index is 0.548. The summed E-state index contributed by atoms with van der Waals surface area (Å²) in [6.07, 6.45) is 11.3. The van der Waals surface area contributed by atoms with E-state index in [4.69, 9.17) is 14.5 Å². The summed E-state index contributed by atoms with van der Waals surface area (Å²) in [5, 5.41) is 0. The molecule has 1 aliphatic carbocycles. The molecular weight excluding hydrogens is 362 g/mol. The van der Waals surface area contributed by atoms with Crippen LogP contribution in [0.1, 0.15) is 49.4 Å². The fraction of sp³-hybridized carbons (Fsp3) is 0.417. The highest BCUT2D eigenvalue weighted by Crippen LogP contribution is 2.34. The molecule has 2 heterocycles. The van der Waals surface area contributed by atoms with Crippen molar-refractivity contribution in [2.75, 3.05) is 14.2 Å². The minimum absolute atomic E-state index is 0.548. The van der Waals surface area contributed by atoms with E-state index in [1.54, 1.807) is 14.2 Å². The molecule has 29 heavy (non-hydrogen) atoms. The number of methoxy groups -OCH3 is 2. The van der Waals surface area contributed by atoms with Crippen molar-refractivity contribution in [1.29, 1.82) is 0 Å². The lowest BCUT2D eigenvalue weighted by Gasteiger charge is -2.22. The molecular formula is C24H29N3O2. The predicted octanol–water partition coefficient (Wildman–Crippen LogP) is 5.25. The quantitative estimate of drug-likeness (QED) is 0.552. The highest BCUT2D eigenvalue weighted by atomic mass is 16.5. The number of rotatable bonds is 7. The zero-order valence-corrected chi connectivity index (χ0v) is 17.3. The van der Waals surface area contributed by atoms with Gasteiger partial charge in [-0.25, -0.2) is 4.98 Å². The van der Waals surface area contributed by atoms with Crippen LogP contribution in [-0.2, 0) is 13.0 Å². The van der Waals surface area contributed by atoms with Gasteiger partial charge in [-0.15, -0.1) is 0 Å². The third-order valence-electron chi connectivity index (χ3n) is 5.79. The monoisotopic (exact) mass is 391 g/mol. The van der Waals surface area contributed by atoms with Gasteiger partial charge in [0.2, 0.25) is 0 Å². The molecule has 0 N–H and O–H groups in total. The van der Waals surface area contributed by atoms with Gasteiger partial charge in [0.05, 0.1) is 19.9 Å². The van der Waals surface area contributed by atoms with Crippen LogP contribution in [0.25, 0.3) is 11.4 Å². The Kier molecular flexibility index (Phi) is 6.13. The maximum absolute atomic E-state index is 5.46. The van der Waals surface area contributed by atoms with Crippen LogP contribution in [-0.4, -0.2) is 28.8 Å². The van der Waals surface area contributed by atoms with Crippen molar-refractivity contribution in [2.24, 2.45) is 0 Å². The summed E-state index contributed by atoms with van der Waals surface area (Å²) >= 11 is 0. The van der Waals surface area contributed by atoms with Gasteiger partial charge in [0.15, 0.2) is 11.5 Å². The fourth-order valence-electron chi connectivity index (χ4n) is 4.22. The summed E-state index contributed by atoms with van der Waals surface area (Å²) in [7, 11) is 3.34. The number of hydrogen-bond donors (Lipinski definition) is 0. The molecule has 0 aliphatic heterocycles. The summed E-state index contributed by atoms with van der Waals surface area (Å²) in [4.78, 5) is 9.54. The molecule has 152 valence electrons. The van der Waals surface area contributed by atoms with Crippen molar-refractivity contribution in [1.82, 2.24) is 14.5 Å². The molecule has 1 aromatic carbocycles. The first-order valence-corrected chi connectivity index (χ1v) is 10.5. The lowest BCUT2D eigenvalue weighted by molar-refractivity contribution is 0.354. The number of hydrogen-bond acceptors (Lipinski definition) is 4. The molecule has 0 radical (unpaired) electrons. The standard InChI is InChI=1S/C24H29N3O2/c1-28-22-12-11-18(16-23(22)29-2)13-15-27-17-21(20-10-6-7-14-25-20)26-24(27)19-8-4-3-5-9-19/h6-7,10-12,14,16-17,19H,3-5,8-9,13,15H2,1-2H3. The zero-order valence-electron chi connectivity index (χ0n) is 17.3. The SMILES string of the molecule is COc1ccc(CCn2cc(-c3ccccn3)nc2C2CCCCC2)cc1OC. The summed E-state index contributed by atoms with van der Waals surface area (Å²) in [6, 6.07) is 12.1. The number of benzene rings is 1. The van der Waals surface area contributed by atoms with Gasteiger partial charge in [0, 0.05) is 24.9 Å². The van der Waals surface area contributed by atoms with Crippen LogP contribution in [0.5, 0.6) is 11.5 Å². The Balaban J connectivity index is 1.59. The average Bonchev–Trinajstić information content (AvgIpc) is 3.23. The predicted molar refractivity (Wildman–Crippen MR) is 115 cm³/mol. The van der Waals surface area contributed by atoms with Crippen molar-refractivity contribution in [3.05, 3.63) is 60.2 Å². The molecule has 0 saturated heterocycles. The topological polar surface area (TPSA) is 49.2 Å². The molecule has 0 atom stereocenters. The van der Waals surface area contributed by atoms with E-state index < -0.39 is 0 Å². The maximum atomic E-state index is 5.46. The highest BCUT2D eigenvalue weighted by Gasteiger charge is 2.22. The van der Waals surface area contributed by atoms with Crippen LogP contribution in [0.3, 0.4) is 0 Å². The molecule has 1 fully saturated rings. The summed E-state index contributed by atoms with van der Waals surface area (Å²) in [5.41, 5.74) is 3.14. The summed E-state index contributed by atoms with van der Waals surface area (Å²) in [6.45, 7) is 0.890. The van der Waals surface area contributed by atoms with Gasteiger partial charge in [-0.2, -0.15) is 0 Å². The van der Waals surface area contributed by atoms with E-state index in [0.717, 1.165) is 35.9 Å². The number of pyridine rings is 1. The average molecular weight is 392 g/mol. The summed E-state index contributed by atoms with van der Waals surface area (Å²) in [5.74, 6) is 3.30. The number of imidazole rings is 1. The normalized spacial score (nSPS) is 14.7. The molecule has 5 heteroatoms. The third kappa shape index (κ3) is 4.44. The largest absolute Gasteiger partial charge is 0.493 e. The molecule has 1 aliphatic rings. The van der Waals surface area contributed by atoms with Crippen molar-refractivity contribution in [2.45, 2.75) is 51.0 Å². The Bertz CT molecular complexity index is 931. The molecule has 0 unspecified atom stereocenters. The smallest absolute Gasteiger partial charge is 0.160 e. The first-order valence-electron chi connectivity index (χ1n) is 10.5. The Morgan fingerprint density at radius 2 is 1.79 bits per heavy atom. The van der Waals surface area contributed by atoms with Crippen LogP contribution in [0.2, 0.25) is 0 Å². The highest BCUT2D eigenvalue weighted by molar-refractivity contribution is 5.53. The van der Waals surface area contributed by atoms with Crippen LogP contribution in [0.15, 0.2) is 48.8 Å². The van der Waals surface area contributed by atoms with Crippen molar-refractivity contribution in [3.63, 3.8) is 0 Å². The van der Waals surface area contributed by atoms with E-state index >= 15 is 0 Å². The Labute approximate surface area is 172 Å². The first kappa shape index (κ1) is 19.5. The van der Waals surface area contributed by atoms with Gasteiger partial charge in [-0.1, -0.05) is 31.4 Å². The maximum Gasteiger partial charge on any atom is 0.160 e. The number of ether oxygens (including phenoxy) is 2. The van der Waals surface area contributed by atoms with Gasteiger partial charge >= 0.3 is 0 Å². The van der Waals surface area contributed by atoms with Gasteiger partial charge in [0.1, 0.15) is 11.5 Å². The van der Waals surface area contributed by atoms with E-state index in [9.17, 15) is 0 Å². The van der Waals surface area contributed by atoms with E-state index in [1.807, 2.05) is 30.5 Å². The second-order valence-electron chi connectivity index (χ2n) is 7.67. The van der Waals surface area contributed by atoms with Gasteiger partial charge in [-0.05, 0) is 49.1 Å². The van der Waals surface area contributed by atoms with Crippen LogP contribution >= 0.6 is 0 Å².